The standard InChI is InChI=1S/C15H23N3O2S/c1-3-13-12-5-9-21-14(12)4-8-18(13)10-15(20)17-7-6-16-11(2)19/h5,9,13H,3-4,6-8,10H2,1-2H3,(H,16,19)(H,17,20)/t13-/m0/s1. The van der Waals surface area contributed by atoms with Gasteiger partial charge in [0.2, 0.25) is 11.8 Å². The molecule has 0 saturated heterocycles. The summed E-state index contributed by atoms with van der Waals surface area (Å²) in [6.45, 7) is 5.96. The van der Waals surface area contributed by atoms with Crippen LogP contribution in [-0.4, -0.2) is 42.9 Å². The van der Waals surface area contributed by atoms with Crippen molar-refractivity contribution in [3.05, 3.63) is 21.9 Å². The van der Waals surface area contributed by atoms with Crippen LogP contribution in [0.15, 0.2) is 11.4 Å². The van der Waals surface area contributed by atoms with Gasteiger partial charge in [-0.3, -0.25) is 14.5 Å². The molecule has 2 N–H and O–H groups in total. The fraction of sp³-hybridized carbons (Fsp3) is 0.600. The van der Waals surface area contributed by atoms with Gasteiger partial charge in [-0.15, -0.1) is 11.3 Å². The average molecular weight is 309 g/mol. The lowest BCUT2D eigenvalue weighted by Crippen LogP contribution is -2.43. The molecule has 0 aliphatic carbocycles. The summed E-state index contributed by atoms with van der Waals surface area (Å²) < 4.78 is 0. The lowest BCUT2D eigenvalue weighted by molar-refractivity contribution is -0.123. The van der Waals surface area contributed by atoms with Crippen molar-refractivity contribution in [2.45, 2.75) is 32.7 Å². The van der Waals surface area contributed by atoms with Gasteiger partial charge in [-0.2, -0.15) is 0 Å². The topological polar surface area (TPSA) is 61.4 Å². The number of amides is 2. The molecule has 0 bridgehead atoms. The van der Waals surface area contributed by atoms with Crippen LogP contribution >= 0.6 is 11.3 Å². The maximum Gasteiger partial charge on any atom is 0.234 e. The van der Waals surface area contributed by atoms with Gasteiger partial charge >= 0.3 is 0 Å². The average Bonchev–Trinajstić information content (AvgIpc) is 2.91. The Balaban J connectivity index is 1.82. The first kappa shape index (κ1) is 16.0. The molecule has 1 aromatic heterocycles. The molecule has 21 heavy (non-hydrogen) atoms. The lowest BCUT2D eigenvalue weighted by Gasteiger charge is -2.34. The van der Waals surface area contributed by atoms with Crippen molar-refractivity contribution in [3.63, 3.8) is 0 Å². The van der Waals surface area contributed by atoms with Crippen LogP contribution in [0.4, 0.5) is 0 Å². The van der Waals surface area contributed by atoms with Crippen LogP contribution in [0.3, 0.4) is 0 Å². The van der Waals surface area contributed by atoms with E-state index in [2.05, 4.69) is 33.9 Å². The number of hydrogen-bond acceptors (Lipinski definition) is 4. The molecule has 1 atom stereocenters. The summed E-state index contributed by atoms with van der Waals surface area (Å²) in [7, 11) is 0. The SMILES string of the molecule is CC[C@H]1c2ccsc2CCN1CC(=O)NCCNC(C)=O. The van der Waals surface area contributed by atoms with Crippen molar-refractivity contribution in [2.24, 2.45) is 0 Å². The highest BCUT2D eigenvalue weighted by atomic mass is 32.1. The van der Waals surface area contributed by atoms with E-state index in [1.54, 1.807) is 0 Å². The molecule has 1 aromatic rings. The molecule has 5 nitrogen and oxygen atoms in total. The predicted molar refractivity (Wildman–Crippen MR) is 84.3 cm³/mol. The Hall–Kier alpha value is -1.40. The molecule has 0 aromatic carbocycles. The monoisotopic (exact) mass is 309 g/mol. The summed E-state index contributed by atoms with van der Waals surface area (Å²) in [6, 6.07) is 2.54. The third kappa shape index (κ3) is 4.28. The molecule has 1 aliphatic rings. The quantitative estimate of drug-likeness (QED) is 0.779. The van der Waals surface area contributed by atoms with Crippen molar-refractivity contribution >= 4 is 23.2 Å². The Morgan fingerprint density at radius 2 is 2.14 bits per heavy atom. The molecule has 1 aliphatic heterocycles. The molecule has 0 radical (unpaired) electrons. The molecule has 0 saturated carbocycles. The van der Waals surface area contributed by atoms with E-state index in [0.29, 0.717) is 25.7 Å². The minimum atomic E-state index is -0.0729. The maximum atomic E-state index is 12.0. The molecule has 2 amide bonds. The van der Waals surface area contributed by atoms with E-state index < -0.39 is 0 Å². The van der Waals surface area contributed by atoms with Gasteiger partial charge in [0.15, 0.2) is 0 Å². The third-order valence-corrected chi connectivity index (χ3v) is 4.76. The van der Waals surface area contributed by atoms with Crippen LogP contribution in [0.1, 0.15) is 36.8 Å². The highest BCUT2D eigenvalue weighted by molar-refractivity contribution is 7.10. The van der Waals surface area contributed by atoms with Gasteiger partial charge in [-0.05, 0) is 29.9 Å². The fourth-order valence-electron chi connectivity index (χ4n) is 2.80. The van der Waals surface area contributed by atoms with Gasteiger partial charge < -0.3 is 10.6 Å². The normalized spacial score (nSPS) is 18.1. The molecule has 0 unspecified atom stereocenters. The van der Waals surface area contributed by atoms with Crippen molar-refractivity contribution in [2.75, 3.05) is 26.2 Å². The largest absolute Gasteiger partial charge is 0.355 e. The van der Waals surface area contributed by atoms with Gasteiger partial charge in [0.05, 0.1) is 6.54 Å². The number of fused-ring (bicyclic) bond motifs is 1. The van der Waals surface area contributed by atoms with Crippen LogP contribution in [0, 0.1) is 0 Å². The maximum absolute atomic E-state index is 12.0. The highest BCUT2D eigenvalue weighted by Crippen LogP contribution is 2.34. The van der Waals surface area contributed by atoms with Crippen LogP contribution < -0.4 is 10.6 Å². The van der Waals surface area contributed by atoms with E-state index in [4.69, 9.17) is 0 Å². The second-order valence-corrected chi connectivity index (χ2v) is 6.28. The highest BCUT2D eigenvalue weighted by Gasteiger charge is 2.27. The smallest absolute Gasteiger partial charge is 0.234 e. The summed E-state index contributed by atoms with van der Waals surface area (Å²) in [5.74, 6) is -0.0474. The van der Waals surface area contributed by atoms with E-state index >= 15 is 0 Å². The van der Waals surface area contributed by atoms with Crippen LogP contribution in [0.25, 0.3) is 0 Å². The molecule has 0 fully saturated rings. The van der Waals surface area contributed by atoms with Crippen molar-refractivity contribution in [1.82, 2.24) is 15.5 Å². The molecule has 0 spiro atoms. The van der Waals surface area contributed by atoms with Gasteiger partial charge in [0.1, 0.15) is 0 Å². The lowest BCUT2D eigenvalue weighted by atomic mass is 9.98. The Morgan fingerprint density at radius 3 is 2.86 bits per heavy atom. The Kier molecular flexibility index (Phi) is 5.76. The predicted octanol–water partition coefficient (Wildman–Crippen LogP) is 1.31. The fourth-order valence-corrected chi connectivity index (χ4v) is 3.72. The zero-order valence-corrected chi connectivity index (χ0v) is 13.5. The van der Waals surface area contributed by atoms with E-state index in [9.17, 15) is 9.59 Å². The summed E-state index contributed by atoms with van der Waals surface area (Å²) in [5.41, 5.74) is 1.39. The first-order chi connectivity index (χ1) is 10.1. The van der Waals surface area contributed by atoms with E-state index in [1.165, 1.54) is 17.4 Å². The first-order valence-corrected chi connectivity index (χ1v) is 8.31. The summed E-state index contributed by atoms with van der Waals surface area (Å²) in [6.07, 6.45) is 2.05. The van der Waals surface area contributed by atoms with E-state index in [0.717, 1.165) is 19.4 Å². The zero-order chi connectivity index (χ0) is 15.2. The van der Waals surface area contributed by atoms with Crippen LogP contribution in [-0.2, 0) is 16.0 Å². The Labute approximate surface area is 129 Å². The summed E-state index contributed by atoms with van der Waals surface area (Å²) in [5, 5.41) is 7.67. The minimum absolute atomic E-state index is 0.0254. The van der Waals surface area contributed by atoms with Gasteiger partial charge in [0.25, 0.3) is 0 Å². The van der Waals surface area contributed by atoms with Crippen LogP contribution in [0.5, 0.6) is 0 Å². The number of thiophene rings is 1. The zero-order valence-electron chi connectivity index (χ0n) is 12.6. The second kappa shape index (κ2) is 7.56. The molecule has 116 valence electrons. The van der Waals surface area contributed by atoms with Gasteiger partial charge in [0, 0.05) is 37.5 Å². The molecule has 6 heteroatoms. The first-order valence-electron chi connectivity index (χ1n) is 7.43. The van der Waals surface area contributed by atoms with Gasteiger partial charge in [-0.25, -0.2) is 0 Å². The second-order valence-electron chi connectivity index (χ2n) is 5.28. The number of hydrogen-bond donors (Lipinski definition) is 2. The summed E-state index contributed by atoms with van der Waals surface area (Å²) >= 11 is 1.82. The number of nitrogens with zero attached hydrogens (tertiary/aromatic N) is 1. The molecule has 2 heterocycles. The van der Waals surface area contributed by atoms with Crippen molar-refractivity contribution < 1.29 is 9.59 Å². The number of nitrogens with one attached hydrogen (secondary N) is 2. The van der Waals surface area contributed by atoms with Crippen molar-refractivity contribution in [3.8, 4) is 0 Å². The number of carbonyl (C=O) groups is 2. The molecular formula is C15H23N3O2S. The third-order valence-electron chi connectivity index (χ3n) is 3.76. The van der Waals surface area contributed by atoms with Crippen LogP contribution in [0.2, 0.25) is 0 Å². The minimum Gasteiger partial charge on any atom is -0.355 e. The molecular weight excluding hydrogens is 286 g/mol. The van der Waals surface area contributed by atoms with Crippen molar-refractivity contribution in [1.29, 1.82) is 0 Å². The van der Waals surface area contributed by atoms with E-state index in [1.807, 2.05) is 11.3 Å². The van der Waals surface area contributed by atoms with E-state index in [-0.39, 0.29) is 11.8 Å². The number of rotatable bonds is 6. The number of carbonyl (C=O) groups excluding carboxylic acids is 2. The van der Waals surface area contributed by atoms with Gasteiger partial charge in [-0.1, -0.05) is 6.92 Å². The summed E-state index contributed by atoms with van der Waals surface area (Å²) in [4.78, 5) is 26.5. The Bertz CT molecular complexity index is 501. The molecule has 2 rings (SSSR count). The Morgan fingerprint density at radius 1 is 1.38 bits per heavy atom.